The van der Waals surface area contributed by atoms with E-state index in [0.717, 1.165) is 6.42 Å². The molecule has 0 aromatic heterocycles. The van der Waals surface area contributed by atoms with Crippen LogP contribution in [0.15, 0.2) is 5.16 Å². The summed E-state index contributed by atoms with van der Waals surface area (Å²) in [5.41, 5.74) is 5.56. The Morgan fingerprint density at radius 3 is 2.35 bits per heavy atom. The van der Waals surface area contributed by atoms with Crippen molar-refractivity contribution in [3.05, 3.63) is 0 Å². The predicted molar refractivity (Wildman–Crippen MR) is 73.5 cm³/mol. The number of nitrogens with two attached hydrogens (primary N) is 1. The van der Waals surface area contributed by atoms with Gasteiger partial charge < -0.3 is 16.3 Å². The first-order chi connectivity index (χ1) is 8.17. The van der Waals surface area contributed by atoms with Gasteiger partial charge in [-0.25, -0.2) is 0 Å². The van der Waals surface area contributed by atoms with Gasteiger partial charge in [0.25, 0.3) is 0 Å². The second-order valence-corrected chi connectivity index (χ2v) is 4.70. The molecule has 0 heterocycles. The maximum absolute atomic E-state index is 8.59. The Balaban J connectivity index is 4.16. The summed E-state index contributed by atoms with van der Waals surface area (Å²) in [4.78, 5) is 0. The van der Waals surface area contributed by atoms with Crippen LogP contribution < -0.4 is 11.1 Å². The van der Waals surface area contributed by atoms with Crippen LogP contribution in [0.5, 0.6) is 0 Å². The molecule has 0 fully saturated rings. The highest BCUT2D eigenvalue weighted by atomic mass is 16.4. The number of unbranched alkanes of at least 4 members (excludes halogenated alkanes) is 1. The van der Waals surface area contributed by atoms with Gasteiger partial charge in [-0.1, -0.05) is 45.2 Å². The van der Waals surface area contributed by atoms with Gasteiger partial charge in [0, 0.05) is 18.5 Å². The highest BCUT2D eigenvalue weighted by molar-refractivity contribution is 5.80. The molecule has 0 rings (SSSR count). The van der Waals surface area contributed by atoms with Gasteiger partial charge in [-0.15, -0.1) is 0 Å². The van der Waals surface area contributed by atoms with E-state index >= 15 is 0 Å². The topological polar surface area (TPSA) is 70.6 Å². The molecule has 102 valence electrons. The van der Waals surface area contributed by atoms with Crippen molar-refractivity contribution in [2.75, 3.05) is 0 Å². The lowest BCUT2D eigenvalue weighted by atomic mass is 10.0. The number of amidine groups is 1. The summed E-state index contributed by atoms with van der Waals surface area (Å²) in [7, 11) is 0. The summed E-state index contributed by atoms with van der Waals surface area (Å²) < 4.78 is 0. The highest BCUT2D eigenvalue weighted by Gasteiger charge is 2.14. The zero-order valence-corrected chi connectivity index (χ0v) is 11.6. The number of nitrogens with zero attached hydrogens (tertiary/aromatic N) is 1. The Bertz CT molecular complexity index is 207. The SMILES string of the molecule is CCCCC(CCC)NC(CC)CC(N)=NO. The Hall–Kier alpha value is -0.770. The number of hydrogen-bond acceptors (Lipinski definition) is 3. The van der Waals surface area contributed by atoms with Crippen LogP contribution in [0, 0.1) is 0 Å². The number of hydrogen-bond donors (Lipinski definition) is 3. The maximum Gasteiger partial charge on any atom is 0.140 e. The third-order valence-corrected chi connectivity index (χ3v) is 3.09. The Morgan fingerprint density at radius 2 is 1.88 bits per heavy atom. The van der Waals surface area contributed by atoms with Crippen molar-refractivity contribution < 1.29 is 5.21 Å². The summed E-state index contributed by atoms with van der Waals surface area (Å²) in [6, 6.07) is 0.885. The molecule has 0 saturated heterocycles. The molecule has 0 aromatic rings. The van der Waals surface area contributed by atoms with E-state index in [1.165, 1.54) is 32.1 Å². The molecule has 0 aliphatic carbocycles. The van der Waals surface area contributed by atoms with Crippen molar-refractivity contribution in [2.24, 2.45) is 10.9 Å². The predicted octanol–water partition coefficient (Wildman–Crippen LogP) is 2.85. The molecular weight excluding hydrogens is 214 g/mol. The standard InChI is InChI=1S/C13H29N3O/c1-4-7-9-12(8-5-2)15-11(6-3)10-13(14)16-17/h11-12,15,17H,4-10H2,1-3H3,(H2,14,16). The quantitative estimate of drug-likeness (QED) is 0.239. The lowest BCUT2D eigenvalue weighted by molar-refractivity contribution is 0.313. The zero-order chi connectivity index (χ0) is 13.1. The summed E-state index contributed by atoms with van der Waals surface area (Å²) >= 11 is 0. The fourth-order valence-corrected chi connectivity index (χ4v) is 2.06. The third-order valence-electron chi connectivity index (χ3n) is 3.09. The van der Waals surface area contributed by atoms with Crippen molar-refractivity contribution in [1.82, 2.24) is 5.32 Å². The van der Waals surface area contributed by atoms with E-state index in [1.807, 2.05) is 0 Å². The van der Waals surface area contributed by atoms with Crippen molar-refractivity contribution >= 4 is 5.84 Å². The minimum absolute atomic E-state index is 0.315. The molecule has 17 heavy (non-hydrogen) atoms. The molecule has 0 radical (unpaired) electrons. The van der Waals surface area contributed by atoms with Gasteiger partial charge >= 0.3 is 0 Å². The maximum atomic E-state index is 8.59. The second kappa shape index (κ2) is 10.4. The molecule has 2 unspecified atom stereocenters. The first-order valence-corrected chi connectivity index (χ1v) is 6.90. The van der Waals surface area contributed by atoms with Crippen LogP contribution in [0.25, 0.3) is 0 Å². The molecule has 4 N–H and O–H groups in total. The van der Waals surface area contributed by atoms with E-state index in [9.17, 15) is 0 Å². The van der Waals surface area contributed by atoms with E-state index < -0.39 is 0 Å². The number of nitrogens with one attached hydrogen (secondary N) is 1. The van der Waals surface area contributed by atoms with Crippen LogP contribution in [0.3, 0.4) is 0 Å². The molecule has 4 heteroatoms. The lowest BCUT2D eigenvalue weighted by Crippen LogP contribution is -2.40. The number of oxime groups is 1. The van der Waals surface area contributed by atoms with Gasteiger partial charge in [-0.3, -0.25) is 0 Å². The molecule has 0 aliphatic heterocycles. The summed E-state index contributed by atoms with van der Waals surface area (Å²) in [5, 5.41) is 15.3. The van der Waals surface area contributed by atoms with E-state index in [0.29, 0.717) is 24.3 Å². The molecule has 0 aromatic carbocycles. The summed E-state index contributed by atoms with van der Waals surface area (Å²) in [6.45, 7) is 6.56. The van der Waals surface area contributed by atoms with Gasteiger partial charge in [-0.2, -0.15) is 0 Å². The fraction of sp³-hybridized carbons (Fsp3) is 0.923. The van der Waals surface area contributed by atoms with Crippen LogP contribution in [-0.4, -0.2) is 23.1 Å². The van der Waals surface area contributed by atoms with Crippen molar-refractivity contribution in [3.63, 3.8) is 0 Å². The molecule has 0 saturated carbocycles. The van der Waals surface area contributed by atoms with E-state index in [2.05, 4.69) is 31.2 Å². The minimum Gasteiger partial charge on any atom is -0.409 e. The average molecular weight is 243 g/mol. The Kier molecular flexibility index (Phi) is 9.92. The number of rotatable bonds is 10. The van der Waals surface area contributed by atoms with Crippen LogP contribution in [0.1, 0.15) is 65.7 Å². The van der Waals surface area contributed by atoms with Gasteiger partial charge in [-0.05, 0) is 19.3 Å². The fourth-order valence-electron chi connectivity index (χ4n) is 2.06. The van der Waals surface area contributed by atoms with Crippen LogP contribution in [-0.2, 0) is 0 Å². The van der Waals surface area contributed by atoms with Crippen LogP contribution >= 0.6 is 0 Å². The van der Waals surface area contributed by atoms with Gasteiger partial charge in [0.2, 0.25) is 0 Å². The van der Waals surface area contributed by atoms with Crippen LogP contribution in [0.4, 0.5) is 0 Å². The molecule has 0 bridgehead atoms. The first kappa shape index (κ1) is 16.2. The Morgan fingerprint density at radius 1 is 1.18 bits per heavy atom. The second-order valence-electron chi connectivity index (χ2n) is 4.70. The molecule has 0 spiro atoms. The highest BCUT2D eigenvalue weighted by Crippen LogP contribution is 2.10. The third kappa shape index (κ3) is 8.02. The molecular formula is C13H29N3O. The summed E-state index contributed by atoms with van der Waals surface area (Å²) in [6.07, 6.45) is 7.74. The smallest absolute Gasteiger partial charge is 0.140 e. The van der Waals surface area contributed by atoms with E-state index in [1.54, 1.807) is 0 Å². The van der Waals surface area contributed by atoms with Gasteiger partial charge in [0.05, 0.1) is 0 Å². The average Bonchev–Trinajstić information content (AvgIpc) is 2.34. The summed E-state index contributed by atoms with van der Waals surface area (Å²) in [5.74, 6) is 0.315. The van der Waals surface area contributed by atoms with Crippen molar-refractivity contribution in [2.45, 2.75) is 77.8 Å². The van der Waals surface area contributed by atoms with Crippen molar-refractivity contribution in [3.8, 4) is 0 Å². The monoisotopic (exact) mass is 243 g/mol. The van der Waals surface area contributed by atoms with E-state index in [-0.39, 0.29) is 0 Å². The van der Waals surface area contributed by atoms with Gasteiger partial charge in [0.15, 0.2) is 0 Å². The normalized spacial score (nSPS) is 15.8. The van der Waals surface area contributed by atoms with E-state index in [4.69, 9.17) is 10.9 Å². The molecule has 0 aliphatic rings. The van der Waals surface area contributed by atoms with Crippen molar-refractivity contribution in [1.29, 1.82) is 0 Å². The largest absolute Gasteiger partial charge is 0.409 e. The zero-order valence-electron chi connectivity index (χ0n) is 11.6. The Labute approximate surface area is 106 Å². The molecule has 0 amide bonds. The minimum atomic E-state index is 0.315. The van der Waals surface area contributed by atoms with Crippen LogP contribution in [0.2, 0.25) is 0 Å². The molecule has 2 atom stereocenters. The first-order valence-electron chi connectivity index (χ1n) is 6.90. The molecule has 4 nitrogen and oxygen atoms in total. The lowest BCUT2D eigenvalue weighted by Gasteiger charge is -2.24. The van der Waals surface area contributed by atoms with Gasteiger partial charge in [0.1, 0.15) is 5.84 Å².